The summed E-state index contributed by atoms with van der Waals surface area (Å²) in [6.07, 6.45) is 1.92. The number of piperidine rings is 1. The lowest BCUT2D eigenvalue weighted by atomic mass is 9.99. The molecule has 2 rings (SSSR count). The van der Waals surface area contributed by atoms with Crippen LogP contribution in [-0.2, 0) is 9.59 Å². The van der Waals surface area contributed by atoms with E-state index in [9.17, 15) is 9.59 Å². The van der Waals surface area contributed by atoms with Crippen molar-refractivity contribution < 1.29 is 19.4 Å². The molecule has 1 saturated heterocycles. The molecule has 6 heteroatoms. The zero-order chi connectivity index (χ0) is 14.4. The van der Waals surface area contributed by atoms with Gasteiger partial charge in [-0.1, -0.05) is 0 Å². The highest BCUT2D eigenvalue weighted by atomic mass is 16.5. The molecule has 1 heterocycles. The van der Waals surface area contributed by atoms with Gasteiger partial charge in [0.1, 0.15) is 5.75 Å². The van der Waals surface area contributed by atoms with Crippen LogP contribution in [0.25, 0.3) is 0 Å². The van der Waals surface area contributed by atoms with Crippen molar-refractivity contribution in [2.24, 2.45) is 5.92 Å². The minimum Gasteiger partial charge on any atom is -0.482 e. The number of carbonyl (C=O) groups is 2. The summed E-state index contributed by atoms with van der Waals surface area (Å²) in [6, 6.07) is 6.67. The number of amides is 1. The Balaban J connectivity index is 1.86. The summed E-state index contributed by atoms with van der Waals surface area (Å²) in [5.41, 5.74) is 0.684. The average Bonchev–Trinajstić information content (AvgIpc) is 2.47. The van der Waals surface area contributed by atoms with Crippen molar-refractivity contribution in [3.63, 3.8) is 0 Å². The van der Waals surface area contributed by atoms with Crippen LogP contribution in [0.15, 0.2) is 24.3 Å². The third-order valence-corrected chi connectivity index (χ3v) is 3.15. The Labute approximate surface area is 117 Å². The number of anilines is 1. The van der Waals surface area contributed by atoms with E-state index in [1.54, 1.807) is 24.3 Å². The Kier molecular flexibility index (Phi) is 4.95. The number of carboxylic acids is 1. The molecule has 0 spiro atoms. The third kappa shape index (κ3) is 4.24. The van der Waals surface area contributed by atoms with E-state index in [4.69, 9.17) is 9.84 Å². The largest absolute Gasteiger partial charge is 0.482 e. The van der Waals surface area contributed by atoms with Gasteiger partial charge < -0.3 is 20.5 Å². The van der Waals surface area contributed by atoms with E-state index in [0.717, 1.165) is 19.4 Å². The van der Waals surface area contributed by atoms with Crippen LogP contribution in [0.4, 0.5) is 5.69 Å². The fraction of sp³-hybridized carbons (Fsp3) is 0.429. The molecule has 108 valence electrons. The van der Waals surface area contributed by atoms with Gasteiger partial charge in [-0.2, -0.15) is 0 Å². The van der Waals surface area contributed by atoms with Crippen molar-refractivity contribution in [2.45, 2.75) is 12.8 Å². The molecular formula is C14H18N2O4. The van der Waals surface area contributed by atoms with E-state index >= 15 is 0 Å². The smallest absolute Gasteiger partial charge is 0.341 e. The van der Waals surface area contributed by atoms with Crippen molar-refractivity contribution in [3.8, 4) is 5.75 Å². The molecule has 1 amide bonds. The molecule has 1 aromatic rings. The molecule has 1 aliphatic rings. The Morgan fingerprint density at radius 1 is 1.35 bits per heavy atom. The number of aliphatic carboxylic acids is 1. The van der Waals surface area contributed by atoms with Crippen molar-refractivity contribution in [3.05, 3.63) is 24.3 Å². The average molecular weight is 278 g/mol. The topological polar surface area (TPSA) is 87.7 Å². The van der Waals surface area contributed by atoms with Crippen LogP contribution < -0.4 is 15.4 Å². The van der Waals surface area contributed by atoms with Gasteiger partial charge in [0.2, 0.25) is 5.91 Å². The van der Waals surface area contributed by atoms with Gasteiger partial charge in [-0.15, -0.1) is 0 Å². The molecule has 0 bridgehead atoms. The Morgan fingerprint density at radius 2 is 2.10 bits per heavy atom. The molecule has 0 aliphatic carbocycles. The standard InChI is InChI=1S/C14H18N2O4/c17-13(18)9-20-12-5-3-11(4-6-12)16-14(19)10-2-1-7-15-8-10/h3-6,10,15H,1-2,7-9H2,(H,16,19)(H,17,18). The zero-order valence-corrected chi connectivity index (χ0v) is 11.1. The van der Waals surface area contributed by atoms with Crippen molar-refractivity contribution in [1.29, 1.82) is 0 Å². The Hall–Kier alpha value is -2.08. The summed E-state index contributed by atoms with van der Waals surface area (Å²) in [4.78, 5) is 22.4. The van der Waals surface area contributed by atoms with Crippen LogP contribution in [0.3, 0.4) is 0 Å². The summed E-state index contributed by atoms with van der Waals surface area (Å²) in [7, 11) is 0. The molecule has 1 atom stereocenters. The van der Waals surface area contributed by atoms with Crippen LogP contribution in [0, 0.1) is 5.92 Å². The van der Waals surface area contributed by atoms with Gasteiger partial charge in [0.15, 0.2) is 6.61 Å². The fourth-order valence-electron chi connectivity index (χ4n) is 2.10. The molecule has 1 aliphatic heterocycles. The van der Waals surface area contributed by atoms with Gasteiger partial charge >= 0.3 is 5.97 Å². The molecule has 0 saturated carbocycles. The molecule has 0 radical (unpaired) electrons. The van der Waals surface area contributed by atoms with Crippen LogP contribution in [0.1, 0.15) is 12.8 Å². The molecule has 0 aromatic heterocycles. The van der Waals surface area contributed by atoms with Gasteiger partial charge in [0.05, 0.1) is 5.92 Å². The number of nitrogens with one attached hydrogen (secondary N) is 2. The first-order chi connectivity index (χ1) is 9.65. The highest BCUT2D eigenvalue weighted by Crippen LogP contribution is 2.18. The first-order valence-electron chi connectivity index (χ1n) is 6.61. The van der Waals surface area contributed by atoms with E-state index in [-0.39, 0.29) is 18.4 Å². The number of carboxylic acid groups (broad SMARTS) is 1. The first kappa shape index (κ1) is 14.3. The van der Waals surface area contributed by atoms with Gasteiger partial charge in [0.25, 0.3) is 0 Å². The maximum atomic E-state index is 12.0. The van der Waals surface area contributed by atoms with Crippen molar-refractivity contribution >= 4 is 17.6 Å². The summed E-state index contributed by atoms with van der Waals surface area (Å²) in [6.45, 7) is 1.31. The summed E-state index contributed by atoms with van der Waals surface area (Å²) in [5, 5.41) is 14.6. The van der Waals surface area contributed by atoms with E-state index < -0.39 is 5.97 Å². The van der Waals surface area contributed by atoms with Gasteiger partial charge in [-0.25, -0.2) is 4.79 Å². The lowest BCUT2D eigenvalue weighted by molar-refractivity contribution is -0.139. The molecule has 1 aromatic carbocycles. The molecule has 1 fully saturated rings. The second-order valence-electron chi connectivity index (χ2n) is 4.74. The SMILES string of the molecule is O=C(O)COc1ccc(NC(=O)C2CCCNC2)cc1. The molecular weight excluding hydrogens is 260 g/mol. The van der Waals surface area contributed by atoms with Gasteiger partial charge in [-0.3, -0.25) is 4.79 Å². The van der Waals surface area contributed by atoms with Crippen molar-refractivity contribution in [1.82, 2.24) is 5.32 Å². The van der Waals surface area contributed by atoms with Crippen LogP contribution >= 0.6 is 0 Å². The monoisotopic (exact) mass is 278 g/mol. The van der Waals surface area contributed by atoms with E-state index in [2.05, 4.69) is 10.6 Å². The molecule has 3 N–H and O–H groups in total. The van der Waals surface area contributed by atoms with Gasteiger partial charge in [-0.05, 0) is 43.7 Å². The number of ether oxygens (including phenoxy) is 1. The van der Waals surface area contributed by atoms with Gasteiger partial charge in [0, 0.05) is 12.2 Å². The molecule has 1 unspecified atom stereocenters. The minimum absolute atomic E-state index is 0.00619. The summed E-state index contributed by atoms with van der Waals surface area (Å²) in [5.74, 6) is -0.542. The zero-order valence-electron chi connectivity index (χ0n) is 11.1. The van der Waals surface area contributed by atoms with E-state index in [1.165, 1.54) is 0 Å². The molecule has 6 nitrogen and oxygen atoms in total. The predicted octanol–water partition coefficient (Wildman–Crippen LogP) is 1.09. The number of rotatable bonds is 5. The summed E-state index contributed by atoms with van der Waals surface area (Å²) >= 11 is 0. The van der Waals surface area contributed by atoms with E-state index in [1.807, 2.05) is 0 Å². The fourth-order valence-corrected chi connectivity index (χ4v) is 2.10. The first-order valence-corrected chi connectivity index (χ1v) is 6.61. The number of hydrogen-bond donors (Lipinski definition) is 3. The van der Waals surface area contributed by atoms with Crippen LogP contribution in [0.5, 0.6) is 5.75 Å². The number of benzene rings is 1. The quantitative estimate of drug-likeness (QED) is 0.750. The van der Waals surface area contributed by atoms with Crippen molar-refractivity contribution in [2.75, 3.05) is 25.0 Å². The highest BCUT2D eigenvalue weighted by molar-refractivity contribution is 5.92. The highest BCUT2D eigenvalue weighted by Gasteiger charge is 2.20. The van der Waals surface area contributed by atoms with Crippen LogP contribution in [-0.4, -0.2) is 36.7 Å². The lowest BCUT2D eigenvalue weighted by Gasteiger charge is -2.21. The van der Waals surface area contributed by atoms with E-state index in [0.29, 0.717) is 18.0 Å². The second kappa shape index (κ2) is 6.91. The second-order valence-corrected chi connectivity index (χ2v) is 4.74. The Morgan fingerprint density at radius 3 is 2.70 bits per heavy atom. The maximum Gasteiger partial charge on any atom is 0.341 e. The predicted molar refractivity (Wildman–Crippen MR) is 73.8 cm³/mol. The maximum absolute atomic E-state index is 12.0. The molecule has 20 heavy (non-hydrogen) atoms. The minimum atomic E-state index is -1.02. The lowest BCUT2D eigenvalue weighted by Crippen LogP contribution is -2.37. The van der Waals surface area contributed by atoms with Crippen LogP contribution in [0.2, 0.25) is 0 Å². The number of hydrogen-bond acceptors (Lipinski definition) is 4. The normalized spacial score (nSPS) is 18.3. The summed E-state index contributed by atoms with van der Waals surface area (Å²) < 4.78 is 5.02. The number of carbonyl (C=O) groups excluding carboxylic acids is 1. The Bertz CT molecular complexity index is 467. The third-order valence-electron chi connectivity index (χ3n) is 3.15.